The lowest BCUT2D eigenvalue weighted by molar-refractivity contribution is 0.199. The maximum Gasteiger partial charge on any atom is 0.317 e. The lowest BCUT2D eigenvalue weighted by Crippen LogP contribution is -2.37. The van der Waals surface area contributed by atoms with E-state index >= 15 is 0 Å². The molecule has 2 atom stereocenters. The van der Waals surface area contributed by atoms with Crippen molar-refractivity contribution in [1.29, 1.82) is 0 Å². The SMILES string of the molecule is CC1CN(C(C)CCN)C(=O)N1. The summed E-state index contributed by atoms with van der Waals surface area (Å²) in [6.07, 6.45) is 0.875. The Morgan fingerprint density at radius 1 is 1.83 bits per heavy atom. The smallest absolute Gasteiger partial charge is 0.317 e. The highest BCUT2D eigenvalue weighted by atomic mass is 16.2. The van der Waals surface area contributed by atoms with Gasteiger partial charge in [-0.25, -0.2) is 4.79 Å². The van der Waals surface area contributed by atoms with Crippen LogP contribution in [-0.2, 0) is 0 Å². The molecule has 1 aliphatic rings. The van der Waals surface area contributed by atoms with Gasteiger partial charge in [-0.2, -0.15) is 0 Å². The minimum atomic E-state index is 0.0449. The quantitative estimate of drug-likeness (QED) is 0.634. The van der Waals surface area contributed by atoms with Gasteiger partial charge in [0.05, 0.1) is 0 Å². The standard InChI is InChI=1S/C8H17N3O/c1-6-5-11(8(12)10-6)7(2)3-4-9/h6-7H,3-5,9H2,1-2H3,(H,10,12). The van der Waals surface area contributed by atoms with Crippen molar-refractivity contribution < 1.29 is 4.79 Å². The molecule has 0 bridgehead atoms. The third-order valence-electron chi connectivity index (χ3n) is 2.22. The topological polar surface area (TPSA) is 58.4 Å². The highest BCUT2D eigenvalue weighted by Crippen LogP contribution is 2.10. The van der Waals surface area contributed by atoms with Gasteiger partial charge in [0.1, 0.15) is 0 Å². The van der Waals surface area contributed by atoms with Crippen LogP contribution < -0.4 is 11.1 Å². The van der Waals surface area contributed by atoms with Crippen LogP contribution in [0.3, 0.4) is 0 Å². The van der Waals surface area contributed by atoms with Gasteiger partial charge < -0.3 is 16.0 Å². The fraction of sp³-hybridized carbons (Fsp3) is 0.875. The third kappa shape index (κ3) is 1.88. The van der Waals surface area contributed by atoms with E-state index < -0.39 is 0 Å². The molecule has 4 heteroatoms. The molecule has 1 rings (SSSR count). The van der Waals surface area contributed by atoms with Gasteiger partial charge in [0.2, 0.25) is 0 Å². The number of hydrogen-bond acceptors (Lipinski definition) is 2. The number of urea groups is 1. The Morgan fingerprint density at radius 2 is 2.50 bits per heavy atom. The van der Waals surface area contributed by atoms with Gasteiger partial charge in [-0.05, 0) is 26.8 Å². The van der Waals surface area contributed by atoms with Gasteiger partial charge >= 0.3 is 6.03 Å². The lowest BCUT2D eigenvalue weighted by Gasteiger charge is -2.22. The first kappa shape index (κ1) is 9.32. The molecule has 0 saturated carbocycles. The summed E-state index contributed by atoms with van der Waals surface area (Å²) in [6.45, 7) is 5.48. The average Bonchev–Trinajstić information content (AvgIpc) is 2.30. The Labute approximate surface area is 73.1 Å². The van der Waals surface area contributed by atoms with Crippen molar-refractivity contribution in [1.82, 2.24) is 10.2 Å². The Hall–Kier alpha value is -0.770. The van der Waals surface area contributed by atoms with Crippen LogP contribution >= 0.6 is 0 Å². The first-order chi connectivity index (χ1) is 5.65. The zero-order valence-corrected chi connectivity index (χ0v) is 7.71. The van der Waals surface area contributed by atoms with Gasteiger partial charge in [0, 0.05) is 18.6 Å². The van der Waals surface area contributed by atoms with Crippen molar-refractivity contribution in [2.24, 2.45) is 5.73 Å². The zero-order chi connectivity index (χ0) is 9.14. The molecule has 4 nitrogen and oxygen atoms in total. The first-order valence-electron chi connectivity index (χ1n) is 4.42. The molecule has 0 aliphatic carbocycles. The van der Waals surface area contributed by atoms with Crippen LogP contribution in [0.1, 0.15) is 20.3 Å². The molecule has 3 N–H and O–H groups in total. The van der Waals surface area contributed by atoms with E-state index in [0.29, 0.717) is 6.54 Å². The lowest BCUT2D eigenvalue weighted by atomic mass is 10.2. The average molecular weight is 171 g/mol. The minimum absolute atomic E-state index is 0.0449. The van der Waals surface area contributed by atoms with Crippen LogP contribution in [0.4, 0.5) is 4.79 Å². The molecule has 2 unspecified atom stereocenters. The Morgan fingerprint density at radius 3 is 2.92 bits per heavy atom. The first-order valence-corrected chi connectivity index (χ1v) is 4.42. The minimum Gasteiger partial charge on any atom is -0.334 e. The van der Waals surface area contributed by atoms with Crippen LogP contribution in [0.5, 0.6) is 0 Å². The summed E-state index contributed by atoms with van der Waals surface area (Å²) in [5.74, 6) is 0. The van der Waals surface area contributed by atoms with Crippen molar-refractivity contribution >= 4 is 6.03 Å². The number of nitrogens with one attached hydrogen (secondary N) is 1. The molecule has 12 heavy (non-hydrogen) atoms. The van der Waals surface area contributed by atoms with Crippen molar-refractivity contribution in [2.45, 2.75) is 32.4 Å². The Kier molecular flexibility index (Phi) is 2.92. The fourth-order valence-electron chi connectivity index (χ4n) is 1.49. The third-order valence-corrected chi connectivity index (χ3v) is 2.22. The van der Waals surface area contributed by atoms with E-state index in [1.54, 1.807) is 0 Å². The molecule has 0 radical (unpaired) electrons. The van der Waals surface area contributed by atoms with E-state index in [4.69, 9.17) is 5.73 Å². The summed E-state index contributed by atoms with van der Waals surface area (Å²) in [4.78, 5) is 13.1. The fourth-order valence-corrected chi connectivity index (χ4v) is 1.49. The van der Waals surface area contributed by atoms with Gasteiger partial charge in [-0.15, -0.1) is 0 Å². The van der Waals surface area contributed by atoms with E-state index in [0.717, 1.165) is 13.0 Å². The van der Waals surface area contributed by atoms with Crippen LogP contribution in [0.25, 0.3) is 0 Å². The molecule has 0 aromatic rings. The molecule has 1 saturated heterocycles. The van der Waals surface area contributed by atoms with E-state index in [-0.39, 0.29) is 18.1 Å². The summed E-state index contributed by atoms with van der Waals surface area (Å²) in [5.41, 5.74) is 5.42. The molecule has 0 aromatic carbocycles. The van der Waals surface area contributed by atoms with E-state index in [1.165, 1.54) is 0 Å². The van der Waals surface area contributed by atoms with E-state index in [9.17, 15) is 4.79 Å². The van der Waals surface area contributed by atoms with Crippen LogP contribution in [0.15, 0.2) is 0 Å². The Balaban J connectivity index is 2.46. The highest BCUT2D eigenvalue weighted by Gasteiger charge is 2.28. The van der Waals surface area contributed by atoms with Crippen molar-refractivity contribution in [3.8, 4) is 0 Å². The number of carbonyl (C=O) groups excluding carboxylic acids is 1. The number of rotatable bonds is 3. The van der Waals surface area contributed by atoms with Crippen molar-refractivity contribution in [3.05, 3.63) is 0 Å². The maximum absolute atomic E-state index is 11.3. The summed E-state index contributed by atoms with van der Waals surface area (Å²) in [7, 11) is 0. The molecular weight excluding hydrogens is 154 g/mol. The van der Waals surface area contributed by atoms with Gasteiger partial charge in [-0.3, -0.25) is 0 Å². The van der Waals surface area contributed by atoms with Crippen molar-refractivity contribution in [2.75, 3.05) is 13.1 Å². The predicted molar refractivity (Wildman–Crippen MR) is 47.8 cm³/mol. The Bertz CT molecular complexity index is 172. The van der Waals surface area contributed by atoms with Gasteiger partial charge in [0.25, 0.3) is 0 Å². The zero-order valence-electron chi connectivity index (χ0n) is 7.71. The molecule has 70 valence electrons. The molecule has 1 fully saturated rings. The largest absolute Gasteiger partial charge is 0.334 e. The van der Waals surface area contributed by atoms with Crippen LogP contribution in [0.2, 0.25) is 0 Å². The second-order valence-electron chi connectivity index (χ2n) is 3.43. The molecule has 2 amide bonds. The number of nitrogens with zero attached hydrogens (tertiary/aromatic N) is 1. The van der Waals surface area contributed by atoms with E-state index in [2.05, 4.69) is 5.32 Å². The van der Waals surface area contributed by atoms with Crippen LogP contribution in [0, 0.1) is 0 Å². The molecular formula is C8H17N3O. The molecule has 0 aromatic heterocycles. The summed E-state index contributed by atoms with van der Waals surface area (Å²) >= 11 is 0. The molecule has 1 heterocycles. The normalized spacial score (nSPS) is 25.8. The molecule has 1 aliphatic heterocycles. The van der Waals surface area contributed by atoms with E-state index in [1.807, 2.05) is 18.7 Å². The maximum atomic E-state index is 11.3. The summed E-state index contributed by atoms with van der Waals surface area (Å²) < 4.78 is 0. The van der Waals surface area contributed by atoms with Crippen molar-refractivity contribution in [3.63, 3.8) is 0 Å². The summed E-state index contributed by atoms with van der Waals surface area (Å²) in [6, 6.07) is 0.584. The monoisotopic (exact) mass is 171 g/mol. The molecule has 0 spiro atoms. The number of hydrogen-bond donors (Lipinski definition) is 2. The number of carbonyl (C=O) groups is 1. The predicted octanol–water partition coefficient (Wildman–Crippen LogP) is 0.137. The number of nitrogens with two attached hydrogens (primary N) is 1. The summed E-state index contributed by atoms with van der Waals surface area (Å²) in [5, 5.41) is 2.85. The second-order valence-corrected chi connectivity index (χ2v) is 3.43. The van der Waals surface area contributed by atoms with Gasteiger partial charge in [-0.1, -0.05) is 0 Å². The highest BCUT2D eigenvalue weighted by molar-refractivity contribution is 5.77. The number of amides is 2. The van der Waals surface area contributed by atoms with Crippen LogP contribution in [-0.4, -0.2) is 36.1 Å². The second kappa shape index (κ2) is 3.76. The van der Waals surface area contributed by atoms with Gasteiger partial charge in [0.15, 0.2) is 0 Å².